The third-order valence-corrected chi connectivity index (χ3v) is 5.18. The Kier molecular flexibility index (Phi) is 4.84. The standard InChI is InChI=1S/C9H18NO3PS/c10-9(11)8(14(12,13)15)7-5-3-1-2-4-6-7/h7-8,12-13,15H,1-6H2,(H-,10,11)/p+1. The minimum Gasteiger partial charge on any atom is -0.366 e. The highest BCUT2D eigenvalue weighted by Crippen LogP contribution is 2.62. The van der Waals surface area contributed by atoms with Crippen LogP contribution in [0, 0.1) is 5.92 Å². The van der Waals surface area contributed by atoms with Gasteiger partial charge in [-0.2, -0.15) is 0 Å². The fourth-order valence-electron chi connectivity index (χ4n) is 2.31. The topological polar surface area (TPSA) is 83.6 Å². The maximum absolute atomic E-state index is 11.2. The number of nitrogens with two attached hydrogens (primary N) is 1. The molecular weight excluding hydrogens is 233 g/mol. The van der Waals surface area contributed by atoms with Crippen molar-refractivity contribution in [3.63, 3.8) is 0 Å². The van der Waals surface area contributed by atoms with Crippen LogP contribution in [0.3, 0.4) is 0 Å². The van der Waals surface area contributed by atoms with Gasteiger partial charge in [0.15, 0.2) is 0 Å². The third-order valence-electron chi connectivity index (χ3n) is 3.01. The predicted molar refractivity (Wildman–Crippen MR) is 64.5 cm³/mol. The highest BCUT2D eigenvalue weighted by atomic mass is 32.7. The van der Waals surface area contributed by atoms with E-state index in [1.54, 1.807) is 0 Å². The number of primary amides is 1. The Morgan fingerprint density at radius 2 is 1.73 bits per heavy atom. The molecule has 1 atom stereocenters. The minimum atomic E-state index is -3.45. The number of amides is 1. The molecule has 1 aliphatic rings. The third kappa shape index (κ3) is 3.91. The zero-order valence-electron chi connectivity index (χ0n) is 8.67. The van der Waals surface area contributed by atoms with Crippen LogP contribution < -0.4 is 5.73 Å². The van der Waals surface area contributed by atoms with E-state index in [2.05, 4.69) is 12.2 Å². The molecule has 0 bridgehead atoms. The smallest absolute Gasteiger partial charge is 0.336 e. The lowest BCUT2D eigenvalue weighted by molar-refractivity contribution is -0.118. The first-order valence-electron chi connectivity index (χ1n) is 5.29. The van der Waals surface area contributed by atoms with Crippen LogP contribution in [0.5, 0.6) is 0 Å². The predicted octanol–water partition coefficient (Wildman–Crippen LogP) is 1.49. The van der Waals surface area contributed by atoms with Crippen LogP contribution in [0.1, 0.15) is 38.5 Å². The van der Waals surface area contributed by atoms with Crippen LogP contribution in [0.4, 0.5) is 0 Å². The molecule has 1 unspecified atom stereocenters. The summed E-state index contributed by atoms with van der Waals surface area (Å²) >= 11 is 3.76. The molecular formula is C9H19NO3PS+. The Morgan fingerprint density at radius 3 is 2.07 bits per heavy atom. The first kappa shape index (κ1) is 13.2. The van der Waals surface area contributed by atoms with Crippen LogP contribution in [-0.4, -0.2) is 21.4 Å². The molecule has 4 N–H and O–H groups in total. The summed E-state index contributed by atoms with van der Waals surface area (Å²) in [6, 6.07) is 0. The number of hydrogen-bond donors (Lipinski definition) is 4. The van der Waals surface area contributed by atoms with Crippen molar-refractivity contribution in [2.75, 3.05) is 0 Å². The number of hydrogen-bond acceptors (Lipinski definition) is 4. The lowest BCUT2D eigenvalue weighted by atomic mass is 9.96. The van der Waals surface area contributed by atoms with Crippen molar-refractivity contribution in [2.24, 2.45) is 11.7 Å². The van der Waals surface area contributed by atoms with Crippen molar-refractivity contribution in [2.45, 2.75) is 44.2 Å². The van der Waals surface area contributed by atoms with E-state index in [-0.39, 0.29) is 5.92 Å². The quantitative estimate of drug-likeness (QED) is 0.349. The Bertz CT molecular complexity index is 224. The highest BCUT2D eigenvalue weighted by molar-refractivity contribution is 8.49. The van der Waals surface area contributed by atoms with E-state index < -0.39 is 18.5 Å². The summed E-state index contributed by atoms with van der Waals surface area (Å²) in [6.07, 6.45) is 6.05. The zero-order chi connectivity index (χ0) is 11.5. The van der Waals surface area contributed by atoms with E-state index in [4.69, 9.17) is 5.73 Å². The van der Waals surface area contributed by atoms with E-state index >= 15 is 0 Å². The van der Waals surface area contributed by atoms with Gasteiger partial charge in [-0.25, -0.2) is 9.79 Å². The van der Waals surface area contributed by atoms with Crippen LogP contribution in [0.2, 0.25) is 0 Å². The highest BCUT2D eigenvalue weighted by Gasteiger charge is 2.49. The molecule has 0 aromatic rings. The van der Waals surface area contributed by atoms with Gasteiger partial charge in [-0.15, -0.1) is 0 Å². The molecule has 0 aromatic heterocycles. The van der Waals surface area contributed by atoms with E-state index in [0.29, 0.717) is 0 Å². The summed E-state index contributed by atoms with van der Waals surface area (Å²) in [5, 5.41) is 0. The second-order valence-corrected chi connectivity index (χ2v) is 7.77. The van der Waals surface area contributed by atoms with Gasteiger partial charge in [0.25, 0.3) is 5.91 Å². The largest absolute Gasteiger partial charge is 0.366 e. The molecule has 0 radical (unpaired) electrons. The molecule has 0 aliphatic heterocycles. The van der Waals surface area contributed by atoms with Crippen molar-refractivity contribution in [1.82, 2.24) is 0 Å². The van der Waals surface area contributed by atoms with E-state index in [1.807, 2.05) is 0 Å². The van der Waals surface area contributed by atoms with Gasteiger partial charge in [0, 0.05) is 5.92 Å². The summed E-state index contributed by atoms with van der Waals surface area (Å²) < 4.78 is 0. The molecule has 0 heterocycles. The molecule has 4 nitrogen and oxygen atoms in total. The second-order valence-electron chi connectivity index (χ2n) is 4.21. The second kappa shape index (κ2) is 5.48. The summed E-state index contributed by atoms with van der Waals surface area (Å²) in [6.45, 7) is -3.45. The van der Waals surface area contributed by atoms with E-state index in [0.717, 1.165) is 38.5 Å². The maximum atomic E-state index is 11.2. The maximum Gasteiger partial charge on any atom is 0.336 e. The Hall–Kier alpha value is 0.170. The van der Waals surface area contributed by atoms with Gasteiger partial charge < -0.3 is 5.73 Å². The molecule has 1 saturated carbocycles. The van der Waals surface area contributed by atoms with E-state index in [9.17, 15) is 14.6 Å². The molecule has 1 rings (SSSR count). The number of carbonyl (C=O) groups is 1. The fourth-order valence-corrected chi connectivity index (χ4v) is 4.42. The molecule has 0 aromatic carbocycles. The fraction of sp³-hybridized carbons (Fsp3) is 0.889. The minimum absolute atomic E-state index is 0.00849. The summed E-state index contributed by atoms with van der Waals surface area (Å²) in [5.41, 5.74) is 4.36. The van der Waals surface area contributed by atoms with E-state index in [1.165, 1.54) is 0 Å². The van der Waals surface area contributed by atoms with Crippen molar-refractivity contribution in [1.29, 1.82) is 0 Å². The lowest BCUT2D eigenvalue weighted by Crippen LogP contribution is -2.36. The number of carbonyl (C=O) groups excluding carboxylic acids is 1. The first-order chi connectivity index (χ1) is 6.93. The molecule has 88 valence electrons. The van der Waals surface area contributed by atoms with Gasteiger partial charge in [-0.3, -0.25) is 4.79 Å². The SMILES string of the molecule is NC(=O)C(C1CCCCCC1)[P+](O)(O)S. The van der Waals surface area contributed by atoms with Crippen molar-refractivity contribution < 1.29 is 14.6 Å². The average Bonchev–Trinajstić information content (AvgIpc) is 2.29. The van der Waals surface area contributed by atoms with Gasteiger partial charge in [0.2, 0.25) is 5.66 Å². The van der Waals surface area contributed by atoms with Crippen LogP contribution >= 0.6 is 19.2 Å². The molecule has 1 aliphatic carbocycles. The number of rotatable bonds is 3. The van der Waals surface area contributed by atoms with Crippen molar-refractivity contribution in [3.8, 4) is 0 Å². The molecule has 0 saturated heterocycles. The molecule has 6 heteroatoms. The Labute approximate surface area is 95.9 Å². The normalized spacial score (nSPS) is 22.1. The van der Waals surface area contributed by atoms with Gasteiger partial charge in [-0.1, -0.05) is 25.7 Å². The monoisotopic (exact) mass is 252 g/mol. The summed E-state index contributed by atoms with van der Waals surface area (Å²) in [4.78, 5) is 30.3. The van der Waals surface area contributed by atoms with Gasteiger partial charge in [0.1, 0.15) is 0 Å². The zero-order valence-corrected chi connectivity index (χ0v) is 10.5. The average molecular weight is 252 g/mol. The molecule has 1 amide bonds. The molecule has 0 spiro atoms. The van der Waals surface area contributed by atoms with Gasteiger partial charge in [-0.05, 0) is 12.8 Å². The first-order valence-corrected chi connectivity index (χ1v) is 8.21. The van der Waals surface area contributed by atoms with Crippen molar-refractivity contribution in [3.05, 3.63) is 0 Å². The van der Waals surface area contributed by atoms with Crippen LogP contribution in [-0.2, 0) is 4.79 Å². The molecule has 1 fully saturated rings. The summed E-state index contributed by atoms with van der Waals surface area (Å²) in [7, 11) is 0. The lowest BCUT2D eigenvalue weighted by Gasteiger charge is -2.23. The van der Waals surface area contributed by atoms with Crippen molar-refractivity contribution >= 4 is 25.1 Å². The van der Waals surface area contributed by atoms with Crippen LogP contribution in [0.15, 0.2) is 0 Å². The Balaban J connectivity index is 2.74. The Morgan fingerprint density at radius 1 is 1.27 bits per heavy atom. The van der Waals surface area contributed by atoms with Gasteiger partial charge >= 0.3 is 6.92 Å². The summed E-state index contributed by atoms with van der Waals surface area (Å²) in [5.74, 6) is -0.638. The van der Waals surface area contributed by atoms with Gasteiger partial charge in [0.05, 0.1) is 12.2 Å². The van der Waals surface area contributed by atoms with Crippen LogP contribution in [0.25, 0.3) is 0 Å². The molecule has 15 heavy (non-hydrogen) atoms. The number of thiol groups is 1.